The Kier molecular flexibility index (Phi) is 35.9. The van der Waals surface area contributed by atoms with E-state index in [0.29, 0.717) is 17.4 Å². The van der Waals surface area contributed by atoms with Crippen LogP contribution in [0.3, 0.4) is 0 Å². The zero-order valence-electron chi connectivity index (χ0n) is 34.8. The van der Waals surface area contributed by atoms with Crippen molar-refractivity contribution >= 4 is 13.8 Å². The van der Waals surface area contributed by atoms with Crippen LogP contribution in [0.15, 0.2) is 24.5 Å². The molecule has 308 valence electrons. The molecule has 0 aromatic heterocycles. The number of hydrogen-bond donors (Lipinski definition) is 1. The molecule has 0 fully saturated rings. The van der Waals surface area contributed by atoms with E-state index in [1.165, 1.54) is 128 Å². The number of carbonyl (C=O) groups is 1. The average molecular weight is 759 g/mol. The predicted molar refractivity (Wildman–Crippen MR) is 219 cm³/mol. The molecule has 0 aromatic rings. The fourth-order valence-corrected chi connectivity index (χ4v) is 6.67. The molecule has 0 amide bonds. The summed E-state index contributed by atoms with van der Waals surface area (Å²) in [6, 6.07) is 0. The maximum absolute atomic E-state index is 12.6. The summed E-state index contributed by atoms with van der Waals surface area (Å²) in [5.41, 5.74) is 0. The van der Waals surface area contributed by atoms with Crippen LogP contribution in [0.25, 0.3) is 0 Å². The van der Waals surface area contributed by atoms with Gasteiger partial charge in [0, 0.05) is 6.42 Å². The van der Waals surface area contributed by atoms with Crippen LogP contribution < -0.4 is 0 Å². The van der Waals surface area contributed by atoms with Crippen molar-refractivity contribution in [3.05, 3.63) is 24.5 Å². The smallest absolute Gasteiger partial charge is 0.472 e. The molecule has 0 heterocycles. The minimum absolute atomic E-state index is 0.0477. The number of likely N-dealkylation sites (N-methyl/N-ethyl adjacent to an activating group) is 1. The third-order valence-corrected chi connectivity index (χ3v) is 10.3. The summed E-state index contributed by atoms with van der Waals surface area (Å²) >= 11 is 0. The van der Waals surface area contributed by atoms with Gasteiger partial charge in [-0.1, -0.05) is 154 Å². The Labute approximate surface area is 322 Å². The number of hydrogen-bond acceptors (Lipinski definition) is 6. The monoisotopic (exact) mass is 759 g/mol. The quantitative estimate of drug-likeness (QED) is 0.0166. The van der Waals surface area contributed by atoms with Gasteiger partial charge < -0.3 is 18.9 Å². The second-order valence-electron chi connectivity index (χ2n) is 15.8. The highest BCUT2D eigenvalue weighted by Crippen LogP contribution is 2.43. The van der Waals surface area contributed by atoms with Crippen molar-refractivity contribution in [3.8, 4) is 0 Å². The first-order valence-electron chi connectivity index (χ1n) is 21.6. The average Bonchev–Trinajstić information content (AvgIpc) is 3.09. The van der Waals surface area contributed by atoms with Crippen LogP contribution in [0.4, 0.5) is 0 Å². The van der Waals surface area contributed by atoms with Crippen LogP contribution in [0.2, 0.25) is 0 Å². The number of phosphoric acid groups is 1. The summed E-state index contributed by atoms with van der Waals surface area (Å²) in [5.74, 6) is -0.343. The molecule has 0 spiro atoms. The van der Waals surface area contributed by atoms with Crippen molar-refractivity contribution in [1.82, 2.24) is 0 Å². The molecule has 1 unspecified atom stereocenters. The summed E-state index contributed by atoms with van der Waals surface area (Å²) in [6.07, 6.45) is 41.6. The lowest BCUT2D eigenvalue weighted by Crippen LogP contribution is -2.37. The van der Waals surface area contributed by atoms with Crippen molar-refractivity contribution in [2.24, 2.45) is 0 Å². The van der Waals surface area contributed by atoms with Gasteiger partial charge in [-0.25, -0.2) is 4.57 Å². The molecule has 8 nitrogen and oxygen atoms in total. The van der Waals surface area contributed by atoms with Crippen LogP contribution >= 0.6 is 7.82 Å². The molecular formula is C43H85NO7P+. The second kappa shape index (κ2) is 36.8. The number of phosphoric ester groups is 1. The van der Waals surface area contributed by atoms with Crippen molar-refractivity contribution in [2.75, 3.05) is 47.5 Å². The lowest BCUT2D eigenvalue weighted by atomic mass is 10.0. The van der Waals surface area contributed by atoms with Gasteiger partial charge in [0.2, 0.25) is 0 Å². The lowest BCUT2D eigenvalue weighted by Gasteiger charge is -2.24. The van der Waals surface area contributed by atoms with Gasteiger partial charge in [0.25, 0.3) is 0 Å². The summed E-state index contributed by atoms with van der Waals surface area (Å²) in [7, 11) is 1.64. The third kappa shape index (κ3) is 40.0. The molecule has 1 N–H and O–H groups in total. The fraction of sp³-hybridized carbons (Fsp3) is 0.884. The van der Waals surface area contributed by atoms with E-state index in [0.717, 1.165) is 44.9 Å². The van der Waals surface area contributed by atoms with Crippen LogP contribution in [-0.4, -0.2) is 69.0 Å². The molecule has 2 atom stereocenters. The van der Waals surface area contributed by atoms with E-state index in [1.807, 2.05) is 27.2 Å². The number of allylic oxidation sites excluding steroid dienone is 3. The first kappa shape index (κ1) is 50.8. The number of unbranched alkanes of at least 4 members (excludes halogenated alkanes) is 24. The van der Waals surface area contributed by atoms with Crippen molar-refractivity contribution < 1.29 is 37.3 Å². The van der Waals surface area contributed by atoms with Crippen molar-refractivity contribution in [2.45, 2.75) is 200 Å². The highest BCUT2D eigenvalue weighted by molar-refractivity contribution is 7.47. The number of esters is 1. The van der Waals surface area contributed by atoms with E-state index >= 15 is 0 Å². The zero-order valence-corrected chi connectivity index (χ0v) is 35.7. The van der Waals surface area contributed by atoms with Gasteiger partial charge in [-0.15, -0.1) is 0 Å². The SMILES string of the molecule is CCCCCCC/C=C/CCCCCCCC(=O)O[C@H](CO/C=C/CCCCCCCCCCCCCCCC)COP(=O)(O)OCC[N+](C)(C)C. The van der Waals surface area contributed by atoms with E-state index in [9.17, 15) is 14.3 Å². The molecule has 0 saturated heterocycles. The number of nitrogens with zero attached hydrogens (tertiary/aromatic N) is 1. The van der Waals surface area contributed by atoms with Gasteiger partial charge >= 0.3 is 13.8 Å². The van der Waals surface area contributed by atoms with Gasteiger partial charge in [0.05, 0.1) is 34.0 Å². The Balaban J connectivity index is 4.29. The van der Waals surface area contributed by atoms with Gasteiger partial charge in [-0.3, -0.25) is 13.8 Å². The van der Waals surface area contributed by atoms with Crippen LogP contribution in [-0.2, 0) is 27.9 Å². The molecule has 0 aliphatic heterocycles. The van der Waals surface area contributed by atoms with Gasteiger partial charge in [0.1, 0.15) is 19.8 Å². The number of quaternary nitrogens is 1. The summed E-state index contributed by atoms with van der Waals surface area (Å²) in [4.78, 5) is 22.8. The minimum Gasteiger partial charge on any atom is -0.498 e. The van der Waals surface area contributed by atoms with Gasteiger partial charge in [0.15, 0.2) is 6.10 Å². The Bertz CT molecular complexity index is 889. The van der Waals surface area contributed by atoms with E-state index in [4.69, 9.17) is 18.5 Å². The van der Waals surface area contributed by atoms with Gasteiger partial charge in [-0.2, -0.15) is 0 Å². The second-order valence-corrected chi connectivity index (χ2v) is 17.2. The highest BCUT2D eigenvalue weighted by Gasteiger charge is 2.26. The van der Waals surface area contributed by atoms with Crippen LogP contribution in [0.5, 0.6) is 0 Å². The Morgan fingerprint density at radius 2 is 1.02 bits per heavy atom. The van der Waals surface area contributed by atoms with E-state index in [1.54, 1.807) is 6.26 Å². The topological polar surface area (TPSA) is 91.3 Å². The summed E-state index contributed by atoms with van der Waals surface area (Å²) in [5, 5.41) is 0. The van der Waals surface area contributed by atoms with Crippen LogP contribution in [0.1, 0.15) is 194 Å². The van der Waals surface area contributed by atoms with E-state index in [2.05, 4.69) is 26.0 Å². The Hall–Kier alpha value is -1.18. The van der Waals surface area contributed by atoms with Crippen molar-refractivity contribution in [1.29, 1.82) is 0 Å². The largest absolute Gasteiger partial charge is 0.498 e. The molecular weight excluding hydrogens is 673 g/mol. The molecule has 0 aromatic carbocycles. The molecule has 0 saturated carbocycles. The first-order valence-corrected chi connectivity index (χ1v) is 23.1. The molecule has 0 aliphatic rings. The molecule has 0 radical (unpaired) electrons. The van der Waals surface area contributed by atoms with E-state index in [-0.39, 0.29) is 25.8 Å². The number of carbonyl (C=O) groups excluding carboxylic acids is 1. The first-order chi connectivity index (χ1) is 25.1. The Morgan fingerprint density at radius 1 is 0.596 bits per heavy atom. The molecule has 0 bridgehead atoms. The maximum Gasteiger partial charge on any atom is 0.472 e. The zero-order chi connectivity index (χ0) is 38.4. The normalized spacial score (nSPS) is 14.0. The molecule has 0 rings (SSSR count). The third-order valence-electron chi connectivity index (χ3n) is 9.33. The van der Waals surface area contributed by atoms with Gasteiger partial charge in [-0.05, 0) is 51.0 Å². The standard InChI is InChI=1S/C43H84NO7P/c1-6-8-10-12-14-16-18-20-22-23-25-27-29-31-33-35-38-48-40-42(41-50-52(46,47)49-39-37-44(3,4)5)51-43(45)36-34-32-30-28-26-24-21-19-17-15-13-11-9-7-2/h19,21,35,38,42H,6-18,20,22-34,36-37,39-41H2,1-5H3/p+1/b21-19+,38-35+/t42-/m1/s1. The summed E-state index contributed by atoms with van der Waals surface area (Å²) < 4.78 is 34.7. The number of ether oxygens (including phenoxy) is 2. The Morgan fingerprint density at radius 3 is 1.48 bits per heavy atom. The fourth-order valence-electron chi connectivity index (χ4n) is 5.92. The lowest BCUT2D eigenvalue weighted by molar-refractivity contribution is -0.870. The number of rotatable bonds is 40. The molecule has 52 heavy (non-hydrogen) atoms. The summed E-state index contributed by atoms with van der Waals surface area (Å²) in [6.45, 7) is 4.93. The highest BCUT2D eigenvalue weighted by atomic mass is 31.2. The van der Waals surface area contributed by atoms with E-state index < -0.39 is 13.9 Å². The molecule has 9 heteroatoms. The molecule has 0 aliphatic carbocycles. The van der Waals surface area contributed by atoms with Crippen LogP contribution in [0, 0.1) is 0 Å². The minimum atomic E-state index is -4.29. The maximum atomic E-state index is 12.6. The predicted octanol–water partition coefficient (Wildman–Crippen LogP) is 12.8. The van der Waals surface area contributed by atoms with Crippen molar-refractivity contribution in [3.63, 3.8) is 0 Å².